The zero-order valence-electron chi connectivity index (χ0n) is 27.7. The van der Waals surface area contributed by atoms with E-state index in [4.69, 9.17) is 14.2 Å². The van der Waals surface area contributed by atoms with Gasteiger partial charge in [0.05, 0.1) is 13.2 Å². The first-order valence-electron chi connectivity index (χ1n) is 16.1. The Morgan fingerprint density at radius 3 is 1.75 bits per heavy atom. The molecule has 0 bridgehead atoms. The van der Waals surface area contributed by atoms with Crippen LogP contribution >= 0.6 is 0 Å². The summed E-state index contributed by atoms with van der Waals surface area (Å²) < 4.78 is 16.3. The molecule has 5 aromatic rings. The van der Waals surface area contributed by atoms with Crippen molar-refractivity contribution in [2.45, 2.75) is 46.5 Å². The zero-order valence-corrected chi connectivity index (χ0v) is 27.7. The summed E-state index contributed by atoms with van der Waals surface area (Å²) >= 11 is 0. The largest absolute Gasteiger partial charge is 0.494 e. The van der Waals surface area contributed by atoms with Crippen molar-refractivity contribution < 1.29 is 23.8 Å². The standard InChI is InChI=1S/C43H38O5/c1-30(2)43(45)48-42-22-20-38-26-34(13-18-40(38)29-42)10-9-33-11-15-36(31(3)25-33)16-12-35-14-17-39-28-41(21-19-37(39)27-35)47-24-8-6-5-7-23-46-32(4)44/h11,13-15,17-22,25-29H,1,5-8,23-24H2,2-4H3. The summed E-state index contributed by atoms with van der Waals surface area (Å²) in [5.74, 6) is 13.9. The molecule has 48 heavy (non-hydrogen) atoms. The second kappa shape index (κ2) is 16.2. The highest BCUT2D eigenvalue weighted by molar-refractivity contribution is 5.90. The van der Waals surface area contributed by atoms with Crippen molar-refractivity contribution in [2.24, 2.45) is 0 Å². The summed E-state index contributed by atoms with van der Waals surface area (Å²) in [5, 5.41) is 4.20. The van der Waals surface area contributed by atoms with Gasteiger partial charge in [0, 0.05) is 34.8 Å². The van der Waals surface area contributed by atoms with Gasteiger partial charge in [0.15, 0.2) is 0 Å². The summed E-state index contributed by atoms with van der Waals surface area (Å²) in [6.07, 6.45) is 3.90. The number of hydrogen-bond acceptors (Lipinski definition) is 5. The van der Waals surface area contributed by atoms with Crippen LogP contribution in [0.4, 0.5) is 0 Å². The molecule has 0 aliphatic heterocycles. The van der Waals surface area contributed by atoms with Crippen LogP contribution in [0.15, 0.2) is 103 Å². The van der Waals surface area contributed by atoms with Crippen LogP contribution in [0.1, 0.15) is 67.3 Å². The third kappa shape index (κ3) is 9.61. The van der Waals surface area contributed by atoms with Crippen LogP contribution in [0, 0.1) is 30.6 Å². The molecule has 0 spiro atoms. The van der Waals surface area contributed by atoms with E-state index in [1.165, 1.54) is 6.92 Å². The van der Waals surface area contributed by atoms with Crippen LogP contribution in [0.25, 0.3) is 21.5 Å². The Labute approximate surface area is 282 Å². The molecule has 0 aliphatic rings. The molecular formula is C43H38O5. The Balaban J connectivity index is 1.17. The first-order chi connectivity index (χ1) is 23.2. The van der Waals surface area contributed by atoms with Crippen molar-refractivity contribution in [3.8, 4) is 35.2 Å². The predicted molar refractivity (Wildman–Crippen MR) is 192 cm³/mol. The minimum absolute atomic E-state index is 0.222. The van der Waals surface area contributed by atoms with Gasteiger partial charge in [0.2, 0.25) is 0 Å². The summed E-state index contributed by atoms with van der Waals surface area (Å²) in [5.41, 5.74) is 5.15. The maximum Gasteiger partial charge on any atom is 0.338 e. The average Bonchev–Trinajstić information content (AvgIpc) is 3.07. The molecule has 0 saturated carbocycles. The number of carbonyl (C=O) groups excluding carboxylic acids is 2. The van der Waals surface area contributed by atoms with Gasteiger partial charge < -0.3 is 14.2 Å². The number of carbonyl (C=O) groups is 2. The highest BCUT2D eigenvalue weighted by atomic mass is 16.5. The molecule has 0 aliphatic carbocycles. The number of benzene rings is 5. The van der Waals surface area contributed by atoms with Crippen LogP contribution in [0.3, 0.4) is 0 Å². The van der Waals surface area contributed by atoms with Crippen LogP contribution in [-0.2, 0) is 14.3 Å². The van der Waals surface area contributed by atoms with Gasteiger partial charge >= 0.3 is 11.9 Å². The van der Waals surface area contributed by atoms with Crippen LogP contribution in [0.2, 0.25) is 0 Å². The van der Waals surface area contributed by atoms with Crippen LogP contribution in [-0.4, -0.2) is 25.2 Å². The topological polar surface area (TPSA) is 61.8 Å². The van der Waals surface area contributed by atoms with Gasteiger partial charge in [-0.05, 0) is 133 Å². The predicted octanol–water partition coefficient (Wildman–Crippen LogP) is 9.08. The van der Waals surface area contributed by atoms with Crippen LogP contribution < -0.4 is 9.47 Å². The van der Waals surface area contributed by atoms with Crippen molar-refractivity contribution in [1.29, 1.82) is 0 Å². The normalized spacial score (nSPS) is 10.4. The van der Waals surface area contributed by atoms with E-state index in [2.05, 4.69) is 67.5 Å². The number of unbranched alkanes of at least 4 members (excludes halogenated alkanes) is 3. The summed E-state index contributed by atoms with van der Waals surface area (Å²) in [6, 6.07) is 29.9. The van der Waals surface area contributed by atoms with Gasteiger partial charge in [-0.2, -0.15) is 0 Å². The molecule has 0 atom stereocenters. The molecule has 0 heterocycles. The fraction of sp³-hybridized carbons (Fsp3) is 0.209. The highest BCUT2D eigenvalue weighted by Gasteiger charge is 2.06. The number of esters is 2. The molecule has 240 valence electrons. The number of ether oxygens (including phenoxy) is 3. The number of rotatable bonds is 10. The van der Waals surface area contributed by atoms with Crippen molar-refractivity contribution in [2.75, 3.05) is 13.2 Å². The molecular weight excluding hydrogens is 596 g/mol. The molecule has 0 unspecified atom stereocenters. The zero-order chi connectivity index (χ0) is 33.9. The fourth-order valence-electron chi connectivity index (χ4n) is 5.08. The molecule has 5 nitrogen and oxygen atoms in total. The van der Waals surface area contributed by atoms with E-state index in [0.29, 0.717) is 24.5 Å². The molecule has 0 aromatic heterocycles. The van der Waals surface area contributed by atoms with Gasteiger partial charge in [0.1, 0.15) is 11.5 Å². The summed E-state index contributed by atoms with van der Waals surface area (Å²) in [4.78, 5) is 22.6. The van der Waals surface area contributed by atoms with E-state index in [1.54, 1.807) is 13.0 Å². The van der Waals surface area contributed by atoms with E-state index in [9.17, 15) is 9.59 Å². The van der Waals surface area contributed by atoms with Gasteiger partial charge in [0.25, 0.3) is 0 Å². The molecule has 0 amide bonds. The lowest BCUT2D eigenvalue weighted by atomic mass is 10.0. The molecule has 5 rings (SSSR count). The van der Waals surface area contributed by atoms with Crippen molar-refractivity contribution >= 4 is 33.5 Å². The Morgan fingerprint density at radius 2 is 1.12 bits per heavy atom. The van der Waals surface area contributed by atoms with Crippen molar-refractivity contribution in [3.63, 3.8) is 0 Å². The van der Waals surface area contributed by atoms with Crippen LogP contribution in [0.5, 0.6) is 11.5 Å². The van der Waals surface area contributed by atoms with Gasteiger partial charge in [-0.25, -0.2) is 4.79 Å². The Morgan fingerprint density at radius 1 is 0.604 bits per heavy atom. The highest BCUT2D eigenvalue weighted by Crippen LogP contribution is 2.24. The number of aryl methyl sites for hydroxylation is 1. The maximum absolute atomic E-state index is 11.8. The summed E-state index contributed by atoms with van der Waals surface area (Å²) in [7, 11) is 0. The monoisotopic (exact) mass is 634 g/mol. The van der Waals surface area contributed by atoms with E-state index in [0.717, 1.165) is 80.8 Å². The van der Waals surface area contributed by atoms with E-state index < -0.39 is 5.97 Å². The number of hydrogen-bond donors (Lipinski definition) is 0. The average molecular weight is 635 g/mol. The second-order valence-electron chi connectivity index (χ2n) is 11.7. The third-order valence-corrected chi connectivity index (χ3v) is 7.71. The summed E-state index contributed by atoms with van der Waals surface area (Å²) in [6.45, 7) is 9.89. The molecule has 5 aromatic carbocycles. The van der Waals surface area contributed by atoms with E-state index in [-0.39, 0.29) is 5.97 Å². The smallest absolute Gasteiger partial charge is 0.338 e. The Bertz CT molecular complexity index is 2120. The minimum atomic E-state index is -0.437. The second-order valence-corrected chi connectivity index (χ2v) is 11.7. The van der Waals surface area contributed by atoms with Crippen molar-refractivity contribution in [3.05, 3.63) is 131 Å². The lowest BCUT2D eigenvalue weighted by Gasteiger charge is -2.08. The van der Waals surface area contributed by atoms with E-state index >= 15 is 0 Å². The fourth-order valence-corrected chi connectivity index (χ4v) is 5.08. The minimum Gasteiger partial charge on any atom is -0.494 e. The van der Waals surface area contributed by atoms with Crippen molar-refractivity contribution in [1.82, 2.24) is 0 Å². The first-order valence-corrected chi connectivity index (χ1v) is 16.1. The number of fused-ring (bicyclic) bond motifs is 2. The molecule has 0 fully saturated rings. The van der Waals surface area contributed by atoms with E-state index in [1.807, 2.05) is 54.6 Å². The van der Waals surface area contributed by atoms with Gasteiger partial charge in [-0.3, -0.25) is 4.79 Å². The lowest BCUT2D eigenvalue weighted by Crippen LogP contribution is -2.07. The lowest BCUT2D eigenvalue weighted by molar-refractivity contribution is -0.141. The Hall–Kier alpha value is -5.78. The molecule has 0 saturated heterocycles. The molecule has 0 N–H and O–H groups in total. The maximum atomic E-state index is 11.8. The Kier molecular flexibility index (Phi) is 11.3. The first kappa shape index (κ1) is 33.6. The van der Waals surface area contributed by atoms with Gasteiger partial charge in [-0.15, -0.1) is 0 Å². The molecule has 5 heteroatoms. The SMILES string of the molecule is C=C(C)C(=O)Oc1ccc2cc(C#Cc3ccc(C#Cc4ccc5cc(OCCCCCCOC(C)=O)ccc5c4)c(C)c3)ccc2c1. The molecule has 0 radical (unpaired) electrons. The quantitative estimate of drug-likeness (QED) is 0.0504. The third-order valence-electron chi connectivity index (χ3n) is 7.71. The van der Waals surface area contributed by atoms with Gasteiger partial charge in [-0.1, -0.05) is 54.5 Å².